The predicted octanol–water partition coefficient (Wildman–Crippen LogP) is 2.11. The molecule has 0 aliphatic heterocycles. The molecule has 3 nitrogen and oxygen atoms in total. The van der Waals surface area contributed by atoms with Gasteiger partial charge in [-0.05, 0) is 23.8 Å². The third kappa shape index (κ3) is 3.03. The van der Waals surface area contributed by atoms with Crippen molar-refractivity contribution < 1.29 is 4.79 Å². The molecule has 0 saturated carbocycles. The maximum absolute atomic E-state index is 11.5. The average molecular weight is 212 g/mol. The van der Waals surface area contributed by atoms with E-state index in [-0.39, 0.29) is 5.91 Å². The number of rotatable bonds is 4. The third-order valence-electron chi connectivity index (χ3n) is 1.91. The van der Waals surface area contributed by atoms with Crippen LogP contribution >= 0.6 is 11.3 Å². The van der Waals surface area contributed by atoms with E-state index in [2.05, 4.69) is 19.2 Å². The molecular weight excluding hydrogens is 196 g/mol. The number of hydrogen-bond donors (Lipinski definition) is 2. The van der Waals surface area contributed by atoms with Crippen molar-refractivity contribution in [1.29, 1.82) is 0 Å². The van der Waals surface area contributed by atoms with Crippen LogP contribution in [-0.2, 0) is 0 Å². The second-order valence-electron chi connectivity index (χ2n) is 3.64. The van der Waals surface area contributed by atoms with Gasteiger partial charge in [0, 0.05) is 6.54 Å². The Labute approximate surface area is 88.3 Å². The number of anilines is 1. The molecule has 0 bridgehead atoms. The summed E-state index contributed by atoms with van der Waals surface area (Å²) in [6, 6.07) is 1.75. The molecule has 78 valence electrons. The Morgan fingerprint density at radius 2 is 2.36 bits per heavy atom. The van der Waals surface area contributed by atoms with Crippen molar-refractivity contribution in [2.75, 3.05) is 12.3 Å². The number of nitrogen functional groups attached to an aromatic ring is 1. The summed E-state index contributed by atoms with van der Waals surface area (Å²) in [5.41, 5.74) is 6.19. The maximum Gasteiger partial charge on any atom is 0.263 e. The zero-order chi connectivity index (χ0) is 10.6. The first kappa shape index (κ1) is 11.0. The van der Waals surface area contributed by atoms with Crippen molar-refractivity contribution in [2.45, 2.75) is 20.3 Å². The van der Waals surface area contributed by atoms with Gasteiger partial charge in [-0.2, -0.15) is 0 Å². The minimum atomic E-state index is -0.0573. The van der Waals surface area contributed by atoms with Gasteiger partial charge in [0.2, 0.25) is 0 Å². The van der Waals surface area contributed by atoms with Crippen LogP contribution in [0.1, 0.15) is 29.9 Å². The standard InChI is InChI=1S/C10H16N2OS/c1-7(2)3-5-12-10(13)9-8(11)4-6-14-9/h4,6-7H,3,5,11H2,1-2H3,(H,12,13). The van der Waals surface area contributed by atoms with Crippen LogP contribution in [0.25, 0.3) is 0 Å². The molecule has 0 unspecified atom stereocenters. The van der Waals surface area contributed by atoms with Crippen LogP contribution in [0.4, 0.5) is 5.69 Å². The van der Waals surface area contributed by atoms with Gasteiger partial charge in [-0.1, -0.05) is 13.8 Å². The minimum Gasteiger partial charge on any atom is -0.397 e. The summed E-state index contributed by atoms with van der Waals surface area (Å²) in [5.74, 6) is 0.550. The molecule has 0 aromatic carbocycles. The Kier molecular flexibility index (Phi) is 3.95. The number of carbonyl (C=O) groups excluding carboxylic acids is 1. The third-order valence-corrected chi connectivity index (χ3v) is 2.84. The van der Waals surface area contributed by atoms with Gasteiger partial charge >= 0.3 is 0 Å². The van der Waals surface area contributed by atoms with Gasteiger partial charge in [-0.25, -0.2) is 0 Å². The number of carbonyl (C=O) groups is 1. The first-order valence-electron chi connectivity index (χ1n) is 4.72. The fourth-order valence-corrected chi connectivity index (χ4v) is 1.79. The van der Waals surface area contributed by atoms with Crippen LogP contribution in [0.15, 0.2) is 11.4 Å². The smallest absolute Gasteiger partial charge is 0.263 e. The molecule has 1 aromatic heterocycles. The average Bonchev–Trinajstić information content (AvgIpc) is 2.50. The van der Waals surface area contributed by atoms with Crippen molar-refractivity contribution in [3.8, 4) is 0 Å². The molecule has 0 atom stereocenters. The Balaban J connectivity index is 2.40. The number of amides is 1. The first-order chi connectivity index (χ1) is 6.61. The molecule has 1 heterocycles. The molecule has 1 rings (SSSR count). The van der Waals surface area contributed by atoms with Crippen molar-refractivity contribution in [3.63, 3.8) is 0 Å². The summed E-state index contributed by atoms with van der Waals surface area (Å²) in [6.07, 6.45) is 0.997. The van der Waals surface area contributed by atoms with E-state index < -0.39 is 0 Å². The number of nitrogens with two attached hydrogens (primary N) is 1. The molecule has 3 N–H and O–H groups in total. The summed E-state index contributed by atoms with van der Waals surface area (Å²) in [6.45, 7) is 4.98. The molecule has 0 spiro atoms. The van der Waals surface area contributed by atoms with Crippen molar-refractivity contribution >= 4 is 22.9 Å². The van der Waals surface area contributed by atoms with Crippen LogP contribution in [0, 0.1) is 5.92 Å². The number of hydrogen-bond acceptors (Lipinski definition) is 3. The lowest BCUT2D eigenvalue weighted by Gasteiger charge is -2.06. The number of thiophene rings is 1. The summed E-state index contributed by atoms with van der Waals surface area (Å²) in [5, 5.41) is 4.67. The lowest BCUT2D eigenvalue weighted by molar-refractivity contribution is 0.0957. The van der Waals surface area contributed by atoms with E-state index in [1.54, 1.807) is 6.07 Å². The molecule has 0 aliphatic carbocycles. The van der Waals surface area contributed by atoms with Gasteiger partial charge in [0.25, 0.3) is 5.91 Å². The quantitative estimate of drug-likeness (QED) is 0.803. The molecule has 14 heavy (non-hydrogen) atoms. The molecule has 0 radical (unpaired) electrons. The van der Waals surface area contributed by atoms with Crippen LogP contribution in [0.2, 0.25) is 0 Å². The summed E-state index contributed by atoms with van der Waals surface area (Å²) >= 11 is 1.38. The highest BCUT2D eigenvalue weighted by Crippen LogP contribution is 2.18. The van der Waals surface area contributed by atoms with E-state index in [9.17, 15) is 4.79 Å². The van der Waals surface area contributed by atoms with E-state index >= 15 is 0 Å². The number of nitrogens with one attached hydrogen (secondary N) is 1. The van der Waals surface area contributed by atoms with Crippen LogP contribution < -0.4 is 11.1 Å². The van der Waals surface area contributed by atoms with Gasteiger partial charge in [-0.3, -0.25) is 4.79 Å². The van der Waals surface area contributed by atoms with Crippen molar-refractivity contribution in [1.82, 2.24) is 5.32 Å². The molecule has 0 saturated heterocycles. The minimum absolute atomic E-state index is 0.0573. The zero-order valence-corrected chi connectivity index (χ0v) is 9.36. The van der Waals surface area contributed by atoms with E-state index in [0.29, 0.717) is 23.0 Å². The zero-order valence-electron chi connectivity index (χ0n) is 8.54. The highest BCUT2D eigenvalue weighted by atomic mass is 32.1. The van der Waals surface area contributed by atoms with Gasteiger partial charge in [0.15, 0.2) is 0 Å². The predicted molar refractivity (Wildman–Crippen MR) is 60.5 cm³/mol. The topological polar surface area (TPSA) is 55.1 Å². The lowest BCUT2D eigenvalue weighted by Crippen LogP contribution is -2.25. The van der Waals surface area contributed by atoms with Crippen molar-refractivity contribution in [2.24, 2.45) is 5.92 Å². The summed E-state index contributed by atoms with van der Waals surface area (Å²) in [4.78, 5) is 12.1. The van der Waals surface area contributed by atoms with Gasteiger partial charge in [0.1, 0.15) is 4.88 Å². The maximum atomic E-state index is 11.5. The molecule has 4 heteroatoms. The summed E-state index contributed by atoms with van der Waals surface area (Å²) < 4.78 is 0. The monoisotopic (exact) mass is 212 g/mol. The highest BCUT2D eigenvalue weighted by molar-refractivity contribution is 7.12. The van der Waals surface area contributed by atoms with Crippen LogP contribution in [-0.4, -0.2) is 12.5 Å². The molecule has 0 aliphatic rings. The molecular formula is C10H16N2OS. The van der Waals surface area contributed by atoms with E-state index in [0.717, 1.165) is 6.42 Å². The van der Waals surface area contributed by atoms with E-state index in [1.165, 1.54) is 11.3 Å². The van der Waals surface area contributed by atoms with E-state index in [4.69, 9.17) is 5.73 Å². The largest absolute Gasteiger partial charge is 0.397 e. The second-order valence-corrected chi connectivity index (χ2v) is 4.56. The fourth-order valence-electron chi connectivity index (χ4n) is 1.06. The Morgan fingerprint density at radius 1 is 1.64 bits per heavy atom. The Bertz CT molecular complexity index is 307. The summed E-state index contributed by atoms with van der Waals surface area (Å²) in [7, 11) is 0. The van der Waals surface area contributed by atoms with Gasteiger partial charge in [0.05, 0.1) is 5.69 Å². The van der Waals surface area contributed by atoms with Crippen molar-refractivity contribution in [3.05, 3.63) is 16.3 Å². The van der Waals surface area contributed by atoms with Crippen LogP contribution in [0.3, 0.4) is 0 Å². The van der Waals surface area contributed by atoms with Gasteiger partial charge in [-0.15, -0.1) is 11.3 Å². The van der Waals surface area contributed by atoms with Gasteiger partial charge < -0.3 is 11.1 Å². The second kappa shape index (κ2) is 5.00. The van der Waals surface area contributed by atoms with Crippen LogP contribution in [0.5, 0.6) is 0 Å². The molecule has 1 amide bonds. The Hall–Kier alpha value is -1.03. The normalized spacial score (nSPS) is 10.5. The fraction of sp³-hybridized carbons (Fsp3) is 0.500. The molecule has 0 fully saturated rings. The molecule has 1 aromatic rings. The lowest BCUT2D eigenvalue weighted by atomic mass is 10.1. The highest BCUT2D eigenvalue weighted by Gasteiger charge is 2.09. The van der Waals surface area contributed by atoms with E-state index in [1.807, 2.05) is 5.38 Å². The Morgan fingerprint density at radius 3 is 2.86 bits per heavy atom. The first-order valence-corrected chi connectivity index (χ1v) is 5.60. The SMILES string of the molecule is CC(C)CCNC(=O)c1sccc1N.